The Labute approximate surface area is 164 Å². The molecule has 1 unspecified atom stereocenters. The van der Waals surface area contributed by atoms with E-state index in [4.69, 9.17) is 0 Å². The Morgan fingerprint density at radius 2 is 1.96 bits per heavy atom. The monoisotopic (exact) mass is 398 g/mol. The fourth-order valence-corrected chi connectivity index (χ4v) is 3.53. The maximum atomic E-state index is 13.3. The Bertz CT molecular complexity index is 1040. The van der Waals surface area contributed by atoms with Gasteiger partial charge in [0.05, 0.1) is 22.2 Å². The van der Waals surface area contributed by atoms with E-state index in [2.05, 4.69) is 20.3 Å². The van der Waals surface area contributed by atoms with E-state index in [-0.39, 0.29) is 17.6 Å². The van der Waals surface area contributed by atoms with Gasteiger partial charge in [-0.05, 0) is 49.2 Å². The van der Waals surface area contributed by atoms with Crippen molar-refractivity contribution >= 4 is 22.5 Å². The molecule has 1 aromatic carbocycles. The van der Waals surface area contributed by atoms with E-state index in [1.54, 1.807) is 30.5 Å². The van der Waals surface area contributed by atoms with Crippen LogP contribution in [0.15, 0.2) is 47.8 Å². The number of nitrogens with zero attached hydrogens (tertiary/aromatic N) is 2. The van der Waals surface area contributed by atoms with Crippen LogP contribution in [-0.2, 0) is 15.6 Å². The number of H-pyrrole nitrogens is 1. The summed E-state index contributed by atoms with van der Waals surface area (Å²) in [5.74, 6) is 0.141. The number of anilines is 1. The molecular formula is C20H19FN4O2S. The van der Waals surface area contributed by atoms with E-state index >= 15 is 0 Å². The molecule has 2 heterocycles. The Kier molecular flexibility index (Phi) is 5.04. The molecule has 28 heavy (non-hydrogen) atoms. The number of pyridine rings is 1. The van der Waals surface area contributed by atoms with Crippen molar-refractivity contribution in [1.82, 2.24) is 15.0 Å². The van der Waals surface area contributed by atoms with Crippen LogP contribution in [0.3, 0.4) is 0 Å². The number of aromatic nitrogens is 3. The number of hydrogen-bond donors (Lipinski definition) is 2. The molecule has 2 aromatic heterocycles. The molecule has 8 heteroatoms. The van der Waals surface area contributed by atoms with Gasteiger partial charge in [-0.1, -0.05) is 6.42 Å². The van der Waals surface area contributed by atoms with E-state index in [1.165, 1.54) is 18.4 Å². The van der Waals surface area contributed by atoms with Gasteiger partial charge in [-0.25, -0.2) is 14.4 Å². The number of carbonyl (C=O) groups excluding carboxylic acids is 1. The highest BCUT2D eigenvalue weighted by atomic mass is 32.2. The second-order valence-corrected chi connectivity index (χ2v) is 8.07. The maximum absolute atomic E-state index is 13.3. The number of halogens is 1. The number of carbonyl (C=O) groups is 1. The Hall–Kier alpha value is -2.87. The van der Waals surface area contributed by atoms with Gasteiger partial charge in [-0.2, -0.15) is 0 Å². The van der Waals surface area contributed by atoms with Gasteiger partial charge >= 0.3 is 0 Å². The van der Waals surface area contributed by atoms with Gasteiger partial charge in [0.15, 0.2) is 5.16 Å². The first kappa shape index (κ1) is 18.5. The number of hydrogen-bond acceptors (Lipinski definition) is 4. The van der Waals surface area contributed by atoms with Gasteiger partial charge in [-0.3, -0.25) is 9.00 Å². The number of nitrogens with one attached hydrogen (secondary N) is 2. The number of benzene rings is 1. The summed E-state index contributed by atoms with van der Waals surface area (Å²) in [6.45, 7) is 0. The minimum absolute atomic E-state index is 0.0213. The molecule has 1 fully saturated rings. The van der Waals surface area contributed by atoms with E-state index in [0.29, 0.717) is 27.9 Å². The lowest BCUT2D eigenvalue weighted by Gasteiger charge is -2.23. The first-order valence-electron chi connectivity index (χ1n) is 8.98. The van der Waals surface area contributed by atoms with E-state index in [9.17, 15) is 13.4 Å². The average molecular weight is 398 g/mol. The zero-order valence-corrected chi connectivity index (χ0v) is 16.1. The quantitative estimate of drug-likeness (QED) is 0.685. The summed E-state index contributed by atoms with van der Waals surface area (Å²) in [4.78, 5) is 24.0. The molecule has 1 atom stereocenters. The van der Waals surface area contributed by atoms with Gasteiger partial charge in [-0.15, -0.1) is 0 Å². The van der Waals surface area contributed by atoms with Gasteiger partial charge in [0.2, 0.25) is 5.91 Å². The highest BCUT2D eigenvalue weighted by Crippen LogP contribution is 2.32. The molecule has 1 aliphatic rings. The molecule has 3 aromatic rings. The molecular weight excluding hydrogens is 379 g/mol. The zero-order chi connectivity index (χ0) is 19.7. The van der Waals surface area contributed by atoms with Crippen LogP contribution in [-0.4, -0.2) is 31.3 Å². The molecule has 0 bridgehead atoms. The first-order chi connectivity index (χ1) is 13.5. The SMILES string of the molecule is CS(=O)c1nc(-c2ccnc(NC(=O)C3CCC3)c2)c(-c2ccc(F)cc2)[nH]1. The van der Waals surface area contributed by atoms with Crippen molar-refractivity contribution in [3.8, 4) is 22.5 Å². The van der Waals surface area contributed by atoms with Crippen LogP contribution in [0.25, 0.3) is 22.5 Å². The topological polar surface area (TPSA) is 87.7 Å². The lowest BCUT2D eigenvalue weighted by Crippen LogP contribution is -2.28. The van der Waals surface area contributed by atoms with Crippen molar-refractivity contribution < 1.29 is 13.4 Å². The predicted molar refractivity (Wildman–Crippen MR) is 106 cm³/mol. The molecule has 144 valence electrons. The van der Waals surface area contributed by atoms with E-state index < -0.39 is 10.8 Å². The van der Waals surface area contributed by atoms with Crippen molar-refractivity contribution in [2.24, 2.45) is 5.92 Å². The summed E-state index contributed by atoms with van der Waals surface area (Å²) in [5.41, 5.74) is 2.63. The van der Waals surface area contributed by atoms with Gasteiger partial charge in [0.1, 0.15) is 11.6 Å². The molecule has 1 saturated carbocycles. The van der Waals surface area contributed by atoms with Gasteiger partial charge in [0, 0.05) is 29.5 Å². The van der Waals surface area contributed by atoms with Crippen LogP contribution in [0.5, 0.6) is 0 Å². The summed E-state index contributed by atoms with van der Waals surface area (Å²) in [5, 5.41) is 3.18. The molecule has 1 aliphatic carbocycles. The molecule has 4 rings (SSSR count). The van der Waals surface area contributed by atoms with Gasteiger partial charge < -0.3 is 10.3 Å². The first-order valence-corrected chi connectivity index (χ1v) is 10.5. The molecule has 2 N–H and O–H groups in total. The molecule has 6 nitrogen and oxygen atoms in total. The zero-order valence-electron chi connectivity index (χ0n) is 15.2. The minimum atomic E-state index is -1.31. The summed E-state index contributed by atoms with van der Waals surface area (Å²) < 4.78 is 25.3. The Morgan fingerprint density at radius 1 is 1.21 bits per heavy atom. The van der Waals surface area contributed by atoms with Crippen molar-refractivity contribution in [2.45, 2.75) is 24.4 Å². The Balaban J connectivity index is 1.71. The molecule has 0 saturated heterocycles. The second kappa shape index (κ2) is 7.63. The average Bonchev–Trinajstić information content (AvgIpc) is 3.07. The number of aromatic amines is 1. The second-order valence-electron chi connectivity index (χ2n) is 6.77. The van der Waals surface area contributed by atoms with Crippen LogP contribution in [0.4, 0.5) is 10.2 Å². The number of rotatable bonds is 5. The molecule has 0 aliphatic heterocycles. The largest absolute Gasteiger partial charge is 0.330 e. The minimum Gasteiger partial charge on any atom is -0.330 e. The van der Waals surface area contributed by atoms with Gasteiger partial charge in [0.25, 0.3) is 0 Å². The normalized spacial score (nSPS) is 15.1. The highest BCUT2D eigenvalue weighted by Gasteiger charge is 2.25. The van der Waals surface area contributed by atoms with Crippen LogP contribution in [0.1, 0.15) is 19.3 Å². The smallest absolute Gasteiger partial charge is 0.228 e. The van der Waals surface area contributed by atoms with Crippen molar-refractivity contribution in [1.29, 1.82) is 0 Å². The highest BCUT2D eigenvalue weighted by molar-refractivity contribution is 7.84. The summed E-state index contributed by atoms with van der Waals surface area (Å²) in [6, 6.07) is 9.50. The standard InChI is InChI=1S/C20H19FN4O2S/c1-28(27)20-24-17(12-5-7-15(21)8-6-12)18(25-20)14-9-10-22-16(11-14)23-19(26)13-3-2-4-13/h5-11,13H,2-4H2,1H3,(H,24,25)(H,22,23,26). The molecule has 1 amide bonds. The fraction of sp³-hybridized carbons (Fsp3) is 0.250. The third kappa shape index (κ3) is 3.73. The van der Waals surface area contributed by atoms with Crippen LogP contribution < -0.4 is 5.32 Å². The van der Waals surface area contributed by atoms with E-state index in [1.807, 2.05) is 0 Å². The summed E-state index contributed by atoms with van der Waals surface area (Å²) in [7, 11) is -1.31. The summed E-state index contributed by atoms with van der Waals surface area (Å²) >= 11 is 0. The van der Waals surface area contributed by atoms with Crippen molar-refractivity contribution in [2.75, 3.05) is 11.6 Å². The van der Waals surface area contributed by atoms with Crippen molar-refractivity contribution in [3.63, 3.8) is 0 Å². The lowest BCUT2D eigenvalue weighted by molar-refractivity contribution is -0.122. The number of amides is 1. The summed E-state index contributed by atoms with van der Waals surface area (Å²) in [6.07, 6.45) is 6.03. The Morgan fingerprint density at radius 3 is 2.61 bits per heavy atom. The third-order valence-electron chi connectivity index (χ3n) is 4.85. The molecule has 0 spiro atoms. The van der Waals surface area contributed by atoms with Crippen LogP contribution in [0.2, 0.25) is 0 Å². The third-order valence-corrected chi connectivity index (χ3v) is 5.59. The lowest BCUT2D eigenvalue weighted by atomic mass is 9.85. The molecule has 0 radical (unpaired) electrons. The van der Waals surface area contributed by atoms with Crippen molar-refractivity contribution in [3.05, 3.63) is 48.4 Å². The predicted octanol–water partition coefficient (Wildman–Crippen LogP) is 3.75. The van der Waals surface area contributed by atoms with Crippen LogP contribution >= 0.6 is 0 Å². The van der Waals surface area contributed by atoms with E-state index in [0.717, 1.165) is 24.8 Å². The number of imidazole rings is 1. The maximum Gasteiger partial charge on any atom is 0.228 e. The van der Waals surface area contributed by atoms with Crippen LogP contribution in [0, 0.1) is 11.7 Å². The fourth-order valence-electron chi connectivity index (χ4n) is 3.07.